The van der Waals surface area contributed by atoms with Gasteiger partial charge in [-0.1, -0.05) is 19.1 Å². The highest BCUT2D eigenvalue weighted by Crippen LogP contribution is 2.27. The molecule has 0 saturated carbocycles. The molecule has 0 amide bonds. The molecule has 1 saturated heterocycles. The van der Waals surface area contributed by atoms with E-state index in [4.69, 9.17) is 9.47 Å². The number of nitrogens with zero attached hydrogens (tertiary/aromatic N) is 1. The molecule has 1 unspecified atom stereocenters. The molecule has 1 aromatic rings. The molecule has 122 valence electrons. The first kappa shape index (κ1) is 16.7. The summed E-state index contributed by atoms with van der Waals surface area (Å²) >= 11 is 0. The average Bonchev–Trinajstić information content (AvgIpc) is 2.56. The quantitative estimate of drug-likeness (QED) is 0.758. The summed E-state index contributed by atoms with van der Waals surface area (Å²) in [5, 5.41) is 0. The lowest BCUT2D eigenvalue weighted by atomic mass is 9.84. The molecule has 0 spiro atoms. The summed E-state index contributed by atoms with van der Waals surface area (Å²) in [6, 6.07) is 6.25. The van der Waals surface area contributed by atoms with Crippen LogP contribution in [0.15, 0.2) is 24.3 Å². The van der Waals surface area contributed by atoms with E-state index in [-0.39, 0.29) is 30.2 Å². The van der Waals surface area contributed by atoms with E-state index in [1.54, 1.807) is 18.2 Å². The van der Waals surface area contributed by atoms with Crippen LogP contribution in [0.25, 0.3) is 0 Å². The third-order valence-corrected chi connectivity index (χ3v) is 4.41. The maximum atomic E-state index is 13.6. The molecule has 0 aliphatic carbocycles. The Morgan fingerprint density at radius 1 is 1.36 bits per heavy atom. The third kappa shape index (κ3) is 4.19. The van der Waals surface area contributed by atoms with Gasteiger partial charge < -0.3 is 14.4 Å². The number of rotatable bonds is 6. The minimum absolute atomic E-state index is 0.157. The Kier molecular flexibility index (Phi) is 6.19. The van der Waals surface area contributed by atoms with Gasteiger partial charge in [0, 0.05) is 0 Å². The molecule has 5 heteroatoms. The molecule has 4 nitrogen and oxygen atoms in total. The number of halogens is 1. The summed E-state index contributed by atoms with van der Waals surface area (Å²) in [5.74, 6) is -0.619. The molecule has 1 fully saturated rings. The minimum Gasteiger partial charge on any atom is -0.490 e. The molecular weight excluding hydrogens is 285 g/mol. The van der Waals surface area contributed by atoms with E-state index in [0.717, 1.165) is 32.5 Å². The molecular formula is C17H24FNO3. The summed E-state index contributed by atoms with van der Waals surface area (Å²) in [6.07, 6.45) is 1.88. The van der Waals surface area contributed by atoms with Crippen LogP contribution in [-0.4, -0.2) is 44.2 Å². The number of piperidine rings is 1. The molecule has 22 heavy (non-hydrogen) atoms. The highest BCUT2D eigenvalue weighted by molar-refractivity contribution is 5.72. The standard InChI is InChI=1S/C17H24FNO3/c1-3-19-10-8-13(9-11-19)14(17(20)21-2)12-22-16-7-5-4-6-15(16)18/h4-7,13-14H,3,8-12H2,1-2H3. The van der Waals surface area contributed by atoms with Gasteiger partial charge in [-0.05, 0) is 50.5 Å². The first-order chi connectivity index (χ1) is 10.7. The molecule has 1 aromatic carbocycles. The summed E-state index contributed by atoms with van der Waals surface area (Å²) < 4.78 is 24.1. The third-order valence-electron chi connectivity index (χ3n) is 4.41. The fraction of sp³-hybridized carbons (Fsp3) is 0.588. The van der Waals surface area contributed by atoms with Gasteiger partial charge in [0.05, 0.1) is 13.0 Å². The van der Waals surface area contributed by atoms with E-state index in [1.165, 1.54) is 13.2 Å². The van der Waals surface area contributed by atoms with Gasteiger partial charge in [-0.2, -0.15) is 0 Å². The molecule has 1 aliphatic rings. The number of methoxy groups -OCH3 is 1. The monoisotopic (exact) mass is 309 g/mol. The number of esters is 1. The van der Waals surface area contributed by atoms with Crippen LogP contribution >= 0.6 is 0 Å². The van der Waals surface area contributed by atoms with E-state index >= 15 is 0 Å². The van der Waals surface area contributed by atoms with Crippen molar-refractivity contribution in [3.05, 3.63) is 30.1 Å². The van der Waals surface area contributed by atoms with Crippen molar-refractivity contribution in [1.29, 1.82) is 0 Å². The summed E-state index contributed by atoms with van der Waals surface area (Å²) in [4.78, 5) is 14.4. The lowest BCUT2D eigenvalue weighted by Gasteiger charge is -2.34. The van der Waals surface area contributed by atoms with Crippen molar-refractivity contribution in [1.82, 2.24) is 4.90 Å². The fourth-order valence-corrected chi connectivity index (χ4v) is 2.96. The Bertz CT molecular complexity index is 487. The van der Waals surface area contributed by atoms with Crippen LogP contribution in [0.5, 0.6) is 5.75 Å². The fourth-order valence-electron chi connectivity index (χ4n) is 2.96. The largest absolute Gasteiger partial charge is 0.490 e. The van der Waals surface area contributed by atoms with Gasteiger partial charge in [0.2, 0.25) is 0 Å². The Morgan fingerprint density at radius 2 is 2.05 bits per heavy atom. The van der Waals surface area contributed by atoms with Crippen LogP contribution in [0.2, 0.25) is 0 Å². The SMILES string of the molecule is CCN1CCC(C(COc2ccccc2F)C(=O)OC)CC1. The molecule has 1 aliphatic heterocycles. The van der Waals surface area contributed by atoms with Crippen molar-refractivity contribution >= 4 is 5.97 Å². The summed E-state index contributed by atoms with van der Waals surface area (Å²) in [7, 11) is 1.39. The first-order valence-electron chi connectivity index (χ1n) is 7.83. The molecule has 1 heterocycles. The van der Waals surface area contributed by atoms with Gasteiger partial charge in [0.25, 0.3) is 0 Å². The van der Waals surface area contributed by atoms with Gasteiger partial charge in [0.1, 0.15) is 6.61 Å². The van der Waals surface area contributed by atoms with E-state index in [0.29, 0.717) is 0 Å². The summed E-state index contributed by atoms with van der Waals surface area (Å²) in [6.45, 7) is 5.29. The van der Waals surface area contributed by atoms with Crippen LogP contribution in [0.1, 0.15) is 19.8 Å². The lowest BCUT2D eigenvalue weighted by Crippen LogP contribution is -2.40. The number of benzene rings is 1. The average molecular weight is 309 g/mol. The van der Waals surface area contributed by atoms with Crippen molar-refractivity contribution in [3.63, 3.8) is 0 Å². The van der Waals surface area contributed by atoms with Crippen LogP contribution in [0.4, 0.5) is 4.39 Å². The minimum atomic E-state index is -0.410. The van der Waals surface area contributed by atoms with Gasteiger partial charge in [-0.3, -0.25) is 4.79 Å². The van der Waals surface area contributed by atoms with Gasteiger partial charge in [-0.15, -0.1) is 0 Å². The maximum absolute atomic E-state index is 13.6. The molecule has 0 aromatic heterocycles. The Labute approximate surface area is 131 Å². The number of likely N-dealkylation sites (tertiary alicyclic amines) is 1. The van der Waals surface area contributed by atoms with E-state index < -0.39 is 5.82 Å². The number of ether oxygens (including phenoxy) is 2. The normalized spacial score (nSPS) is 18.0. The number of carbonyl (C=O) groups is 1. The highest BCUT2D eigenvalue weighted by Gasteiger charge is 2.32. The lowest BCUT2D eigenvalue weighted by molar-refractivity contribution is -0.149. The second-order valence-electron chi connectivity index (χ2n) is 5.64. The van der Waals surface area contributed by atoms with Crippen LogP contribution in [0, 0.1) is 17.7 Å². The van der Waals surface area contributed by atoms with Crippen molar-refractivity contribution < 1.29 is 18.7 Å². The Morgan fingerprint density at radius 3 is 2.64 bits per heavy atom. The molecule has 0 bridgehead atoms. The van der Waals surface area contributed by atoms with Gasteiger partial charge in [0.15, 0.2) is 11.6 Å². The smallest absolute Gasteiger partial charge is 0.312 e. The number of carbonyl (C=O) groups excluding carboxylic acids is 1. The second kappa shape index (κ2) is 8.13. The zero-order valence-electron chi connectivity index (χ0n) is 13.3. The maximum Gasteiger partial charge on any atom is 0.312 e. The van der Waals surface area contributed by atoms with E-state index in [2.05, 4.69) is 11.8 Å². The highest BCUT2D eigenvalue weighted by atomic mass is 19.1. The summed E-state index contributed by atoms with van der Waals surface area (Å²) in [5.41, 5.74) is 0. The number of hydrogen-bond acceptors (Lipinski definition) is 4. The van der Waals surface area contributed by atoms with Crippen molar-refractivity contribution in [2.24, 2.45) is 11.8 Å². The van der Waals surface area contributed by atoms with Gasteiger partial charge in [-0.25, -0.2) is 4.39 Å². The molecule has 0 N–H and O–H groups in total. The van der Waals surface area contributed by atoms with Gasteiger partial charge >= 0.3 is 5.97 Å². The number of hydrogen-bond donors (Lipinski definition) is 0. The first-order valence-corrected chi connectivity index (χ1v) is 7.83. The van der Waals surface area contributed by atoms with E-state index in [1.807, 2.05) is 0 Å². The second-order valence-corrected chi connectivity index (χ2v) is 5.64. The zero-order valence-corrected chi connectivity index (χ0v) is 13.3. The molecule has 2 rings (SSSR count). The van der Waals surface area contributed by atoms with Crippen LogP contribution in [-0.2, 0) is 9.53 Å². The molecule has 0 radical (unpaired) electrons. The Hall–Kier alpha value is -1.62. The van der Waals surface area contributed by atoms with Crippen molar-refractivity contribution in [2.75, 3.05) is 33.4 Å². The van der Waals surface area contributed by atoms with Crippen molar-refractivity contribution in [2.45, 2.75) is 19.8 Å². The van der Waals surface area contributed by atoms with Crippen LogP contribution < -0.4 is 4.74 Å². The molecule has 1 atom stereocenters. The van der Waals surface area contributed by atoms with E-state index in [9.17, 15) is 9.18 Å². The predicted octanol–water partition coefficient (Wildman–Crippen LogP) is 2.73. The van der Waals surface area contributed by atoms with Crippen LogP contribution in [0.3, 0.4) is 0 Å². The Balaban J connectivity index is 1.98. The number of para-hydroxylation sites is 1. The zero-order chi connectivity index (χ0) is 15.9. The van der Waals surface area contributed by atoms with Crippen molar-refractivity contribution in [3.8, 4) is 5.75 Å². The predicted molar refractivity (Wildman–Crippen MR) is 82.2 cm³/mol. The topological polar surface area (TPSA) is 38.8 Å².